The van der Waals surface area contributed by atoms with E-state index >= 15 is 0 Å². The fourth-order valence-electron chi connectivity index (χ4n) is 6.96. The van der Waals surface area contributed by atoms with Crippen LogP contribution in [0.15, 0.2) is 160 Å². The van der Waals surface area contributed by atoms with Gasteiger partial charge in [-0.1, -0.05) is 115 Å². The average molecular weight is 616 g/mol. The number of para-hydroxylation sites is 2. The van der Waals surface area contributed by atoms with E-state index in [1.807, 2.05) is 78.9 Å². The van der Waals surface area contributed by atoms with Crippen LogP contribution < -0.4 is 0 Å². The van der Waals surface area contributed by atoms with Crippen LogP contribution in [0.2, 0.25) is 0 Å². The van der Waals surface area contributed by atoms with Crippen LogP contribution in [0, 0.1) is 0 Å². The summed E-state index contributed by atoms with van der Waals surface area (Å²) in [4.78, 5) is 15.3. The van der Waals surface area contributed by atoms with Gasteiger partial charge in [0.05, 0.1) is 0 Å². The van der Waals surface area contributed by atoms with Crippen molar-refractivity contribution in [2.75, 3.05) is 0 Å². The van der Waals surface area contributed by atoms with E-state index in [-0.39, 0.29) is 0 Å². The maximum Gasteiger partial charge on any atom is 0.164 e. The van der Waals surface area contributed by atoms with E-state index < -0.39 is 0 Å². The normalized spacial score (nSPS) is 11.8. The van der Waals surface area contributed by atoms with Crippen molar-refractivity contribution in [2.24, 2.45) is 0 Å². The second-order valence-corrected chi connectivity index (χ2v) is 12.0. The third-order valence-electron chi connectivity index (χ3n) is 9.14. The van der Waals surface area contributed by atoms with Crippen LogP contribution in [0.4, 0.5) is 0 Å². The quantitative estimate of drug-likeness (QED) is 0.197. The van der Waals surface area contributed by atoms with Gasteiger partial charge in [-0.2, -0.15) is 0 Å². The highest BCUT2D eigenvalue weighted by Crippen LogP contribution is 2.40. The molecule has 0 atom stereocenters. The Labute approximate surface area is 274 Å². The smallest absolute Gasteiger partial charge is 0.164 e. The van der Waals surface area contributed by atoms with Gasteiger partial charge in [-0.05, 0) is 58.3 Å². The molecule has 5 heteroatoms. The van der Waals surface area contributed by atoms with Crippen molar-refractivity contribution in [1.82, 2.24) is 15.0 Å². The van der Waals surface area contributed by atoms with Crippen molar-refractivity contribution in [3.8, 4) is 45.3 Å². The molecule has 0 N–H and O–H groups in total. The van der Waals surface area contributed by atoms with Crippen molar-refractivity contribution in [2.45, 2.75) is 0 Å². The van der Waals surface area contributed by atoms with Crippen LogP contribution in [-0.4, -0.2) is 15.0 Å². The minimum Gasteiger partial charge on any atom is -0.456 e. The Kier molecular flexibility index (Phi) is 5.81. The van der Waals surface area contributed by atoms with Gasteiger partial charge in [-0.3, -0.25) is 0 Å². The Balaban J connectivity index is 1.19. The van der Waals surface area contributed by atoms with E-state index in [2.05, 4.69) is 72.8 Å². The molecule has 5 nitrogen and oxygen atoms in total. The minimum atomic E-state index is 0.608. The molecule has 0 saturated heterocycles. The zero-order valence-electron chi connectivity index (χ0n) is 25.6. The largest absolute Gasteiger partial charge is 0.456 e. The molecular weight excluding hydrogens is 590 g/mol. The summed E-state index contributed by atoms with van der Waals surface area (Å²) >= 11 is 0. The van der Waals surface area contributed by atoms with Crippen LogP contribution in [0.5, 0.6) is 0 Å². The summed E-state index contributed by atoms with van der Waals surface area (Å²) in [5.41, 5.74) is 8.40. The highest BCUT2D eigenvalue weighted by atomic mass is 16.3. The summed E-state index contributed by atoms with van der Waals surface area (Å²) in [7, 11) is 0. The van der Waals surface area contributed by atoms with Crippen molar-refractivity contribution in [3.05, 3.63) is 152 Å². The molecule has 3 heterocycles. The zero-order chi connectivity index (χ0) is 31.6. The molecule has 0 aliphatic carbocycles. The Morgan fingerprint density at radius 3 is 1.67 bits per heavy atom. The van der Waals surface area contributed by atoms with Crippen LogP contribution >= 0.6 is 0 Å². The van der Waals surface area contributed by atoms with E-state index in [4.69, 9.17) is 23.8 Å². The molecular formula is C43H25N3O2. The van der Waals surface area contributed by atoms with Crippen molar-refractivity contribution < 1.29 is 8.83 Å². The Hall–Kier alpha value is -6.59. The third-order valence-corrected chi connectivity index (χ3v) is 9.14. The maximum atomic E-state index is 6.21. The molecule has 0 radical (unpaired) electrons. The number of fused-ring (bicyclic) bond motifs is 8. The molecule has 10 aromatic rings. The molecule has 0 amide bonds. The van der Waals surface area contributed by atoms with Crippen LogP contribution in [0.1, 0.15) is 0 Å². The Morgan fingerprint density at radius 2 is 0.854 bits per heavy atom. The number of furan rings is 2. The molecule has 0 saturated carbocycles. The fourth-order valence-corrected chi connectivity index (χ4v) is 6.96. The van der Waals surface area contributed by atoms with Crippen LogP contribution in [-0.2, 0) is 0 Å². The lowest BCUT2D eigenvalue weighted by molar-refractivity contribution is 0.668. The average Bonchev–Trinajstić information content (AvgIpc) is 3.74. The van der Waals surface area contributed by atoms with E-state index in [0.717, 1.165) is 82.5 Å². The summed E-state index contributed by atoms with van der Waals surface area (Å²) in [5.74, 6) is 1.84. The molecule has 0 fully saturated rings. The first-order valence-corrected chi connectivity index (χ1v) is 15.9. The summed E-state index contributed by atoms with van der Waals surface area (Å²) < 4.78 is 12.4. The van der Waals surface area contributed by atoms with Crippen LogP contribution in [0.3, 0.4) is 0 Å². The predicted octanol–water partition coefficient (Wildman–Crippen LogP) is 11.5. The number of hydrogen-bond donors (Lipinski definition) is 0. The Morgan fingerprint density at radius 1 is 0.312 bits per heavy atom. The molecule has 0 aliphatic heterocycles. The molecule has 0 aliphatic rings. The number of nitrogens with zero attached hydrogens (tertiary/aromatic N) is 3. The zero-order valence-corrected chi connectivity index (χ0v) is 25.6. The van der Waals surface area contributed by atoms with E-state index in [0.29, 0.717) is 17.5 Å². The standard InChI is InChI=1S/C43H25N3O2/c1-2-11-26(12-3-1)41-44-42(28-14-8-13-27(25-28)29-17-10-22-37-39(29)33-15-4-6-20-35(33)47-37)46-43(45-41)32-19-9-18-31-30(32)23-24-38-40(31)34-16-5-7-21-36(34)48-38/h1-25H. The SMILES string of the molecule is c1ccc(-c2nc(-c3cccc(-c4cccc5oc6ccccc6c45)c3)nc(-c3cccc4c3ccc3oc5ccccc5c34)n2)cc1. The van der Waals surface area contributed by atoms with Gasteiger partial charge in [0, 0.05) is 38.2 Å². The Bertz CT molecular complexity index is 2850. The maximum absolute atomic E-state index is 6.21. The van der Waals surface area contributed by atoms with Gasteiger partial charge in [-0.25, -0.2) is 15.0 Å². The summed E-state index contributed by atoms with van der Waals surface area (Å²) in [6, 6.07) is 51.5. The lowest BCUT2D eigenvalue weighted by Crippen LogP contribution is -2.00. The number of hydrogen-bond acceptors (Lipinski definition) is 5. The molecule has 10 rings (SSSR count). The van der Waals surface area contributed by atoms with E-state index in [1.54, 1.807) is 0 Å². The molecule has 7 aromatic carbocycles. The highest BCUT2D eigenvalue weighted by molar-refractivity contribution is 6.20. The monoisotopic (exact) mass is 615 g/mol. The molecule has 3 aromatic heterocycles. The fraction of sp³-hybridized carbons (Fsp3) is 0. The van der Waals surface area contributed by atoms with Crippen LogP contribution in [0.25, 0.3) is 99.9 Å². The first-order valence-electron chi connectivity index (χ1n) is 15.9. The van der Waals surface area contributed by atoms with Crippen molar-refractivity contribution >= 4 is 54.6 Å². The van der Waals surface area contributed by atoms with Gasteiger partial charge in [0.1, 0.15) is 22.3 Å². The second kappa shape index (κ2) is 10.5. The summed E-state index contributed by atoms with van der Waals surface area (Å²) in [5, 5.41) is 6.53. The molecule has 0 bridgehead atoms. The number of aromatic nitrogens is 3. The van der Waals surface area contributed by atoms with Crippen molar-refractivity contribution in [3.63, 3.8) is 0 Å². The van der Waals surface area contributed by atoms with Gasteiger partial charge < -0.3 is 8.83 Å². The molecule has 224 valence electrons. The molecule has 0 spiro atoms. The van der Waals surface area contributed by atoms with Gasteiger partial charge in [0.15, 0.2) is 17.5 Å². The third kappa shape index (κ3) is 4.15. The minimum absolute atomic E-state index is 0.608. The van der Waals surface area contributed by atoms with Crippen molar-refractivity contribution in [1.29, 1.82) is 0 Å². The van der Waals surface area contributed by atoms with E-state index in [1.165, 1.54) is 0 Å². The van der Waals surface area contributed by atoms with E-state index in [9.17, 15) is 0 Å². The summed E-state index contributed by atoms with van der Waals surface area (Å²) in [6.45, 7) is 0. The predicted molar refractivity (Wildman–Crippen MR) is 194 cm³/mol. The topological polar surface area (TPSA) is 65.0 Å². The molecule has 48 heavy (non-hydrogen) atoms. The first-order chi connectivity index (χ1) is 23.8. The first kappa shape index (κ1) is 26.6. The lowest BCUT2D eigenvalue weighted by atomic mass is 9.97. The number of benzene rings is 7. The van der Waals surface area contributed by atoms with Gasteiger partial charge >= 0.3 is 0 Å². The van der Waals surface area contributed by atoms with Gasteiger partial charge in [-0.15, -0.1) is 0 Å². The second-order valence-electron chi connectivity index (χ2n) is 12.0. The summed E-state index contributed by atoms with van der Waals surface area (Å²) in [6.07, 6.45) is 0. The van der Waals surface area contributed by atoms with Gasteiger partial charge in [0.25, 0.3) is 0 Å². The lowest BCUT2D eigenvalue weighted by Gasteiger charge is -2.11. The van der Waals surface area contributed by atoms with Gasteiger partial charge in [0.2, 0.25) is 0 Å². The number of rotatable bonds is 4. The highest BCUT2D eigenvalue weighted by Gasteiger charge is 2.18. The molecule has 0 unspecified atom stereocenters.